The highest BCUT2D eigenvalue weighted by molar-refractivity contribution is 7.83. The number of hydrogen-bond donors (Lipinski definition) is 3. The van der Waals surface area contributed by atoms with Crippen molar-refractivity contribution in [2.45, 2.75) is 72.3 Å². The third-order valence-electron chi connectivity index (χ3n) is 4.54. The maximum Gasteiger partial charge on any atom is 0.113 e. The lowest BCUT2D eigenvalue weighted by Gasteiger charge is -2.30. The van der Waals surface area contributed by atoms with Gasteiger partial charge in [-0.1, -0.05) is 84.1 Å². The summed E-state index contributed by atoms with van der Waals surface area (Å²) >= 11 is 3.90. The predicted molar refractivity (Wildman–Crippen MR) is 126 cm³/mol. The number of hydrogen-bond acceptors (Lipinski definition) is 4. The van der Waals surface area contributed by atoms with Gasteiger partial charge in [0.1, 0.15) is 11.4 Å². The van der Waals surface area contributed by atoms with Gasteiger partial charge in [0.25, 0.3) is 0 Å². The van der Waals surface area contributed by atoms with Crippen molar-refractivity contribution >= 4 is 24.8 Å². The number of rotatable bonds is 5. The van der Waals surface area contributed by atoms with Gasteiger partial charge < -0.3 is 5.11 Å². The molecule has 2 rings (SSSR count). The first kappa shape index (κ1) is 26.4. The molecule has 1 fully saturated rings. The molecule has 1 heterocycles. The monoisotopic (exact) mass is 405 g/mol. The summed E-state index contributed by atoms with van der Waals surface area (Å²) in [5.41, 5.74) is 1.58. The minimum absolute atomic E-state index is 0.0834. The highest BCUT2D eigenvalue weighted by Gasteiger charge is 2.26. The van der Waals surface area contributed by atoms with Crippen molar-refractivity contribution in [1.82, 2.24) is 15.4 Å². The number of aliphatic hydroxyl groups is 1. The van der Waals surface area contributed by atoms with Crippen LogP contribution < -0.4 is 0 Å². The number of aliphatic hydroxyl groups excluding tert-OH is 1. The Morgan fingerprint density at radius 2 is 1.54 bits per heavy atom. The second kappa shape index (κ2) is 15.3. The zero-order valence-corrected chi connectivity index (χ0v) is 19.0. The van der Waals surface area contributed by atoms with E-state index in [0.29, 0.717) is 0 Å². The maximum atomic E-state index is 9.62. The van der Waals surface area contributed by atoms with Gasteiger partial charge in [0, 0.05) is 5.92 Å². The average Bonchev–Trinajstić information content (AvgIpc) is 3.14. The minimum Gasteiger partial charge on any atom is -0.388 e. The molecule has 2 unspecified atom stereocenters. The van der Waals surface area contributed by atoms with E-state index in [1.165, 1.54) is 38.5 Å². The Labute approximate surface area is 177 Å². The van der Waals surface area contributed by atoms with Gasteiger partial charge in [0.2, 0.25) is 0 Å². The van der Waals surface area contributed by atoms with Crippen LogP contribution in [-0.2, 0) is 0 Å². The molecule has 0 saturated heterocycles. The van der Waals surface area contributed by atoms with Gasteiger partial charge >= 0.3 is 0 Å². The van der Waals surface area contributed by atoms with Crippen molar-refractivity contribution in [1.29, 1.82) is 0 Å². The summed E-state index contributed by atoms with van der Waals surface area (Å²) in [7, 11) is 0. The first-order chi connectivity index (χ1) is 13.3. The van der Waals surface area contributed by atoms with Crippen molar-refractivity contribution < 1.29 is 5.11 Å². The van der Waals surface area contributed by atoms with Crippen LogP contribution >= 0.6 is 12.6 Å². The highest BCUT2D eigenvalue weighted by atomic mass is 32.1. The fourth-order valence-electron chi connectivity index (χ4n) is 2.92. The van der Waals surface area contributed by atoms with Crippen LogP contribution in [0.4, 0.5) is 0 Å². The summed E-state index contributed by atoms with van der Waals surface area (Å²) in [5.74, 6) is 0.153. The molecule has 5 heteroatoms. The summed E-state index contributed by atoms with van der Waals surface area (Å²) in [6.45, 7) is 15.5. The number of aromatic nitrogens is 3. The second-order valence-corrected chi connectivity index (χ2v) is 8.18. The van der Waals surface area contributed by atoms with Gasteiger partial charge in [-0.2, -0.15) is 28.0 Å². The molecule has 2 atom stereocenters. The maximum absolute atomic E-state index is 9.62. The van der Waals surface area contributed by atoms with Crippen molar-refractivity contribution in [3.05, 3.63) is 48.2 Å². The van der Waals surface area contributed by atoms with Crippen LogP contribution in [0.15, 0.2) is 36.8 Å². The Kier molecular flexibility index (Phi) is 14.5. The van der Waals surface area contributed by atoms with E-state index < -0.39 is 6.10 Å². The van der Waals surface area contributed by atoms with E-state index in [-0.39, 0.29) is 11.3 Å². The quantitative estimate of drug-likeness (QED) is 0.389. The molecule has 0 bridgehead atoms. The van der Waals surface area contributed by atoms with Crippen LogP contribution in [0.2, 0.25) is 0 Å². The lowest BCUT2D eigenvalue weighted by Crippen LogP contribution is -2.29. The third-order valence-corrected chi connectivity index (χ3v) is 4.69. The first-order valence-corrected chi connectivity index (χ1v) is 10.6. The van der Waals surface area contributed by atoms with Crippen molar-refractivity contribution in [3.63, 3.8) is 0 Å². The van der Waals surface area contributed by atoms with Crippen molar-refractivity contribution in [2.24, 2.45) is 11.3 Å². The first-order valence-electron chi connectivity index (χ1n) is 10.1. The van der Waals surface area contributed by atoms with E-state index in [2.05, 4.69) is 62.0 Å². The Morgan fingerprint density at radius 1 is 1.04 bits per heavy atom. The van der Waals surface area contributed by atoms with Crippen LogP contribution in [-0.4, -0.2) is 26.6 Å². The molecule has 0 aliphatic heterocycles. The molecule has 2 N–H and O–H groups in total. The molecule has 28 heavy (non-hydrogen) atoms. The van der Waals surface area contributed by atoms with Crippen LogP contribution in [0.5, 0.6) is 0 Å². The van der Waals surface area contributed by atoms with E-state index >= 15 is 0 Å². The third kappa shape index (κ3) is 11.3. The number of thiol groups is 1. The van der Waals surface area contributed by atoms with Gasteiger partial charge in [-0.05, 0) is 29.9 Å². The molecular formula is C23H39N3OS. The molecule has 0 radical (unpaired) electrons. The highest BCUT2D eigenvalue weighted by Crippen LogP contribution is 2.30. The van der Waals surface area contributed by atoms with E-state index in [9.17, 15) is 5.11 Å². The minimum atomic E-state index is -0.443. The Balaban J connectivity index is 0.000000409. The number of allylic oxidation sites excluding steroid dienone is 1. The second-order valence-electron chi connectivity index (χ2n) is 7.88. The molecule has 0 spiro atoms. The molecule has 1 aliphatic rings. The molecule has 158 valence electrons. The van der Waals surface area contributed by atoms with E-state index in [1.54, 1.807) is 23.6 Å². The van der Waals surface area contributed by atoms with Crippen LogP contribution in [0.3, 0.4) is 0 Å². The Hall–Kier alpha value is -1.59. The number of aromatic amines is 1. The zero-order chi connectivity index (χ0) is 21.4. The summed E-state index contributed by atoms with van der Waals surface area (Å²) < 4.78 is 0. The van der Waals surface area contributed by atoms with Gasteiger partial charge in [0.05, 0.1) is 6.10 Å². The number of nitrogens with zero attached hydrogens (tertiary/aromatic N) is 2. The van der Waals surface area contributed by atoms with Crippen molar-refractivity contribution in [2.75, 3.05) is 0 Å². The Bertz CT molecular complexity index is 584. The smallest absolute Gasteiger partial charge is 0.113 e. The van der Waals surface area contributed by atoms with E-state index in [4.69, 9.17) is 0 Å². The summed E-state index contributed by atoms with van der Waals surface area (Å²) in [6, 6.07) is 0. The fraction of sp³-hybridized carbons (Fsp3) is 0.565. The molecule has 1 aromatic heterocycles. The normalized spacial score (nSPS) is 16.5. The van der Waals surface area contributed by atoms with E-state index in [0.717, 1.165) is 11.4 Å². The van der Waals surface area contributed by atoms with Gasteiger partial charge in [0.15, 0.2) is 0 Å². The molecular weight excluding hydrogens is 366 g/mol. The summed E-state index contributed by atoms with van der Waals surface area (Å²) in [4.78, 5) is 0. The van der Waals surface area contributed by atoms with Gasteiger partial charge in [-0.25, -0.2) is 0 Å². The largest absolute Gasteiger partial charge is 0.388 e. The van der Waals surface area contributed by atoms with Gasteiger partial charge in [-0.15, -0.1) is 6.58 Å². The standard InChI is InChI=1S/C11H20O.C6H7N3S.C6H12/c1-6-8-9(10(12)7-2)11(3,4)5;1-2-5-6(3-4-10)8-9-7-5;1-2-4-6-5-3-1/h6-10,12H,2H2,1,3-5H3;2-4,10H,1H2,(H,7,8,9);1-6H2/b8-6+;4-3+;. The lowest BCUT2D eigenvalue weighted by molar-refractivity contribution is 0.109. The van der Waals surface area contributed by atoms with Crippen LogP contribution in [0, 0.1) is 11.3 Å². The molecule has 1 saturated carbocycles. The van der Waals surface area contributed by atoms with Crippen LogP contribution in [0.1, 0.15) is 77.6 Å². The fourth-order valence-corrected chi connectivity index (χ4v) is 3.06. The molecule has 1 aromatic rings. The molecule has 0 aromatic carbocycles. The summed E-state index contributed by atoms with van der Waals surface area (Å²) in [5, 5.41) is 21.3. The molecule has 1 aliphatic carbocycles. The van der Waals surface area contributed by atoms with Crippen molar-refractivity contribution in [3.8, 4) is 0 Å². The number of H-pyrrole nitrogens is 1. The zero-order valence-electron chi connectivity index (χ0n) is 18.1. The number of nitrogens with one attached hydrogen (secondary N) is 1. The Morgan fingerprint density at radius 3 is 1.89 bits per heavy atom. The SMILES string of the molecule is C1CCCCC1.C=CC(O)C(/C=C/C)C(C)(C)C.C=Cc1n[nH]nc1/C=C/S. The summed E-state index contributed by atoms with van der Waals surface area (Å²) in [6.07, 6.45) is 17.5. The van der Waals surface area contributed by atoms with Crippen LogP contribution in [0.25, 0.3) is 12.2 Å². The molecule has 0 amide bonds. The van der Waals surface area contributed by atoms with Gasteiger partial charge in [-0.3, -0.25) is 0 Å². The predicted octanol–water partition coefficient (Wildman–Crippen LogP) is 6.46. The molecule has 4 nitrogen and oxygen atoms in total. The van der Waals surface area contributed by atoms with E-state index in [1.807, 2.05) is 19.1 Å². The average molecular weight is 406 g/mol. The lowest BCUT2D eigenvalue weighted by atomic mass is 9.77. The topological polar surface area (TPSA) is 61.8 Å².